The van der Waals surface area contributed by atoms with Crippen LogP contribution in [0.1, 0.15) is 11.1 Å². The van der Waals surface area contributed by atoms with Crippen molar-refractivity contribution in [2.24, 2.45) is 9.63 Å². The predicted molar refractivity (Wildman–Crippen MR) is 120 cm³/mol. The zero-order valence-corrected chi connectivity index (χ0v) is 18.8. The van der Waals surface area contributed by atoms with E-state index in [4.69, 9.17) is 0 Å². The fourth-order valence-electron chi connectivity index (χ4n) is 3.24. The molecule has 0 aliphatic rings. The van der Waals surface area contributed by atoms with Gasteiger partial charge in [-0.3, -0.25) is 0 Å². The molecular weight excluding hydrogens is 450 g/mol. The Bertz CT molecular complexity index is 1560. The Labute approximate surface area is 185 Å². The second-order valence-corrected chi connectivity index (χ2v) is 10.6. The second kappa shape index (κ2) is 7.88. The molecule has 8 nitrogen and oxygen atoms in total. The summed E-state index contributed by atoms with van der Waals surface area (Å²) in [4.78, 5) is -0.105. The Kier molecular flexibility index (Phi) is 5.35. The van der Waals surface area contributed by atoms with Gasteiger partial charge >= 0.3 is 0 Å². The van der Waals surface area contributed by atoms with Gasteiger partial charge in [0.25, 0.3) is 20.0 Å². The minimum atomic E-state index is -4.20. The minimum Gasteiger partial charge on any atom is -0.492 e. The maximum Gasteiger partial charge on any atom is 0.299 e. The first-order chi connectivity index (χ1) is 15.1. The molecule has 0 spiro atoms. The summed E-state index contributed by atoms with van der Waals surface area (Å²) in [5.74, 6) is -0.724. The zero-order valence-electron chi connectivity index (χ0n) is 17.2. The lowest BCUT2D eigenvalue weighted by Crippen LogP contribution is -2.12. The molecule has 10 heteroatoms. The first-order valence-electron chi connectivity index (χ1n) is 9.50. The van der Waals surface area contributed by atoms with Crippen molar-refractivity contribution in [1.82, 2.24) is 3.97 Å². The summed E-state index contributed by atoms with van der Waals surface area (Å²) in [6, 6.07) is 18.5. The van der Waals surface area contributed by atoms with Gasteiger partial charge in [0.2, 0.25) is 5.88 Å². The lowest BCUT2D eigenvalue weighted by Gasteiger charge is -2.09. The van der Waals surface area contributed by atoms with Crippen LogP contribution in [0.3, 0.4) is 0 Å². The fraction of sp³-hybridized carbons (Fsp3) is 0.0909. The van der Waals surface area contributed by atoms with Gasteiger partial charge in [-0.2, -0.15) is 8.42 Å². The van der Waals surface area contributed by atoms with Crippen LogP contribution in [0.25, 0.3) is 10.9 Å². The Hall–Kier alpha value is -3.50. The van der Waals surface area contributed by atoms with E-state index in [0.717, 1.165) is 15.1 Å². The van der Waals surface area contributed by atoms with Gasteiger partial charge in [0.1, 0.15) is 0 Å². The van der Waals surface area contributed by atoms with Gasteiger partial charge in [-0.05, 0) is 50.2 Å². The first kappa shape index (κ1) is 21.7. The quantitative estimate of drug-likeness (QED) is 0.426. The van der Waals surface area contributed by atoms with Gasteiger partial charge in [-0.15, -0.1) is 5.11 Å². The number of aryl methyl sites for hydroxylation is 2. The van der Waals surface area contributed by atoms with E-state index in [0.29, 0.717) is 0 Å². The molecule has 32 heavy (non-hydrogen) atoms. The van der Waals surface area contributed by atoms with Crippen LogP contribution in [-0.4, -0.2) is 25.9 Å². The third-order valence-electron chi connectivity index (χ3n) is 4.88. The maximum atomic E-state index is 13.3. The van der Waals surface area contributed by atoms with Crippen LogP contribution in [0, 0.1) is 13.8 Å². The van der Waals surface area contributed by atoms with Crippen molar-refractivity contribution in [1.29, 1.82) is 0 Å². The molecule has 4 aromatic rings. The van der Waals surface area contributed by atoms with Crippen molar-refractivity contribution in [2.75, 3.05) is 0 Å². The summed E-state index contributed by atoms with van der Waals surface area (Å²) in [5, 5.41) is 14.9. The van der Waals surface area contributed by atoms with Crippen molar-refractivity contribution in [3.05, 3.63) is 83.9 Å². The molecule has 4 rings (SSSR count). The van der Waals surface area contributed by atoms with Crippen LogP contribution in [0.4, 0.5) is 5.69 Å². The van der Waals surface area contributed by atoms with Crippen LogP contribution in [0.2, 0.25) is 0 Å². The zero-order chi connectivity index (χ0) is 23.1. The van der Waals surface area contributed by atoms with Crippen molar-refractivity contribution in [3.63, 3.8) is 0 Å². The van der Waals surface area contributed by atoms with Crippen molar-refractivity contribution < 1.29 is 21.9 Å². The molecule has 0 atom stereocenters. The molecule has 1 aromatic heterocycles. The van der Waals surface area contributed by atoms with E-state index >= 15 is 0 Å². The van der Waals surface area contributed by atoms with E-state index in [-0.39, 0.29) is 26.4 Å². The minimum absolute atomic E-state index is 0.0312. The number of aromatic nitrogens is 1. The highest BCUT2D eigenvalue weighted by Crippen LogP contribution is 2.42. The van der Waals surface area contributed by atoms with Crippen LogP contribution < -0.4 is 0 Å². The standard InChI is InChI=1S/C22H19N3O5S2/c1-15-8-11-18(12-9-15)32(29,30)25-20-13-10-16(2)14-19(20)21(22(25)26)23-24-31(27,28)17-6-4-3-5-7-17/h3-14,26H,1-2H3. The van der Waals surface area contributed by atoms with Gasteiger partial charge in [0.15, 0.2) is 5.69 Å². The number of nitrogens with zero attached hydrogens (tertiary/aromatic N) is 3. The van der Waals surface area contributed by atoms with E-state index in [1.807, 2.05) is 6.92 Å². The number of aromatic hydroxyl groups is 1. The molecule has 1 N–H and O–H groups in total. The van der Waals surface area contributed by atoms with E-state index in [1.54, 1.807) is 49.4 Å². The van der Waals surface area contributed by atoms with Crippen molar-refractivity contribution in [3.8, 4) is 5.88 Å². The SMILES string of the molecule is Cc1ccc(S(=O)(=O)n2c(O)c(N=NS(=O)(=O)c3ccccc3)c3cc(C)ccc32)cc1. The van der Waals surface area contributed by atoms with Crippen LogP contribution in [0.15, 0.2) is 92.2 Å². The smallest absolute Gasteiger partial charge is 0.299 e. The molecule has 0 radical (unpaired) electrons. The van der Waals surface area contributed by atoms with E-state index < -0.39 is 25.9 Å². The Morgan fingerprint density at radius 3 is 2.06 bits per heavy atom. The van der Waals surface area contributed by atoms with Crippen molar-refractivity contribution in [2.45, 2.75) is 23.6 Å². The summed E-state index contributed by atoms with van der Waals surface area (Å²) in [5.41, 5.74) is 1.55. The molecule has 0 fully saturated rings. The molecule has 0 unspecified atom stereocenters. The monoisotopic (exact) mass is 469 g/mol. The largest absolute Gasteiger partial charge is 0.492 e. The highest BCUT2D eigenvalue weighted by molar-refractivity contribution is 7.90. The summed E-state index contributed by atoms with van der Waals surface area (Å²) in [6.45, 7) is 3.61. The molecule has 0 aliphatic heterocycles. The number of benzene rings is 3. The molecular formula is C22H19N3O5S2. The van der Waals surface area contributed by atoms with Crippen molar-refractivity contribution >= 4 is 36.6 Å². The first-order valence-corrected chi connectivity index (χ1v) is 12.4. The fourth-order valence-corrected chi connectivity index (χ4v) is 5.45. The molecule has 0 saturated carbocycles. The van der Waals surface area contributed by atoms with Gasteiger partial charge < -0.3 is 5.11 Å². The molecule has 1 heterocycles. The van der Waals surface area contributed by atoms with Gasteiger partial charge in [-0.25, -0.2) is 12.4 Å². The number of hydrogen-bond acceptors (Lipinski definition) is 6. The topological polar surface area (TPSA) is 118 Å². The van der Waals surface area contributed by atoms with Gasteiger partial charge in [0, 0.05) is 5.39 Å². The number of hydrogen-bond donors (Lipinski definition) is 1. The van der Waals surface area contributed by atoms with E-state index in [2.05, 4.69) is 9.63 Å². The maximum absolute atomic E-state index is 13.3. The highest BCUT2D eigenvalue weighted by Gasteiger charge is 2.27. The third kappa shape index (κ3) is 3.78. The molecule has 3 aromatic carbocycles. The average Bonchev–Trinajstić information content (AvgIpc) is 3.04. The van der Waals surface area contributed by atoms with Crippen LogP contribution >= 0.6 is 0 Å². The van der Waals surface area contributed by atoms with Crippen LogP contribution in [-0.2, 0) is 20.0 Å². The molecule has 0 aliphatic carbocycles. The molecule has 164 valence electrons. The summed E-state index contributed by atoms with van der Waals surface area (Å²) >= 11 is 0. The molecule has 0 amide bonds. The van der Waals surface area contributed by atoms with Gasteiger partial charge in [-0.1, -0.05) is 52.0 Å². The normalized spacial score (nSPS) is 12.6. The van der Waals surface area contributed by atoms with Gasteiger partial charge in [0.05, 0.1) is 15.3 Å². The highest BCUT2D eigenvalue weighted by atomic mass is 32.2. The Morgan fingerprint density at radius 1 is 0.781 bits per heavy atom. The number of sulfonamides is 1. The average molecular weight is 470 g/mol. The second-order valence-electron chi connectivity index (χ2n) is 7.25. The molecule has 0 saturated heterocycles. The predicted octanol–water partition coefficient (Wildman–Crippen LogP) is 4.67. The lowest BCUT2D eigenvalue weighted by molar-refractivity contribution is 0.448. The van der Waals surface area contributed by atoms with E-state index in [9.17, 15) is 21.9 Å². The molecule has 0 bridgehead atoms. The van der Waals surface area contributed by atoms with E-state index in [1.165, 1.54) is 30.3 Å². The lowest BCUT2D eigenvalue weighted by atomic mass is 10.2. The summed E-state index contributed by atoms with van der Waals surface area (Å²) < 4.78 is 55.8. The number of fused-ring (bicyclic) bond motifs is 1. The summed E-state index contributed by atoms with van der Waals surface area (Å²) in [6.07, 6.45) is 0. The third-order valence-corrected chi connectivity index (χ3v) is 7.76. The Balaban J connectivity index is 1.93. The Morgan fingerprint density at radius 2 is 1.41 bits per heavy atom. The number of rotatable bonds is 5. The van der Waals surface area contributed by atoms with Crippen LogP contribution in [0.5, 0.6) is 5.88 Å². The summed E-state index contributed by atoms with van der Waals surface area (Å²) in [7, 11) is -8.34.